The van der Waals surface area contributed by atoms with E-state index in [0.29, 0.717) is 5.92 Å². The van der Waals surface area contributed by atoms with E-state index in [9.17, 15) is 0 Å². The van der Waals surface area contributed by atoms with Crippen molar-refractivity contribution < 1.29 is 9.16 Å². The monoisotopic (exact) mass is 380 g/mol. The van der Waals surface area contributed by atoms with Crippen molar-refractivity contribution >= 4 is 18.7 Å². The number of hydrogen-bond donors (Lipinski definition) is 0. The molecular formula is C24H32O2Si. The second-order valence-electron chi connectivity index (χ2n) is 8.96. The molecule has 0 unspecified atom stereocenters. The molecule has 0 aromatic heterocycles. The molecule has 0 N–H and O–H groups in total. The third kappa shape index (κ3) is 2.91. The molecular weight excluding hydrogens is 348 g/mol. The first kappa shape index (κ1) is 18.9. The van der Waals surface area contributed by atoms with Crippen LogP contribution < -0.4 is 10.4 Å². The molecule has 4 rings (SSSR count). The van der Waals surface area contributed by atoms with Gasteiger partial charge >= 0.3 is 0 Å². The summed E-state index contributed by atoms with van der Waals surface area (Å²) in [5.74, 6) is 0.520. The molecule has 0 spiro atoms. The Kier molecular flexibility index (Phi) is 4.61. The summed E-state index contributed by atoms with van der Waals surface area (Å²) in [6.45, 7) is 16.5. The standard InChI is InChI=1S/C24H32O2Si/c1-14-8-16(3)23(17(4)9-14)27(13-21-12-25-20(7)22(21)26-27)24-18(5)10-15(2)11-19(24)6/h8-11,20-22H,12-13H2,1-7H3/t20-,21-,22-/m0/s1. The van der Waals surface area contributed by atoms with E-state index in [1.807, 2.05) is 0 Å². The van der Waals surface area contributed by atoms with Crippen molar-refractivity contribution in [2.75, 3.05) is 6.61 Å². The van der Waals surface area contributed by atoms with Crippen molar-refractivity contribution in [3.63, 3.8) is 0 Å². The van der Waals surface area contributed by atoms with Crippen LogP contribution in [0, 0.1) is 47.5 Å². The van der Waals surface area contributed by atoms with Crippen molar-refractivity contribution in [2.24, 2.45) is 5.92 Å². The van der Waals surface area contributed by atoms with E-state index in [-0.39, 0.29) is 12.2 Å². The van der Waals surface area contributed by atoms with E-state index in [0.717, 1.165) is 12.7 Å². The number of rotatable bonds is 2. The lowest BCUT2D eigenvalue weighted by molar-refractivity contribution is 0.0675. The van der Waals surface area contributed by atoms with Crippen LogP contribution in [0.3, 0.4) is 0 Å². The van der Waals surface area contributed by atoms with Crippen LogP contribution in [0.25, 0.3) is 0 Å². The van der Waals surface area contributed by atoms with Gasteiger partial charge in [-0.25, -0.2) is 0 Å². The van der Waals surface area contributed by atoms with Crippen molar-refractivity contribution in [3.8, 4) is 0 Å². The van der Waals surface area contributed by atoms with Crippen molar-refractivity contribution in [2.45, 2.75) is 66.7 Å². The zero-order chi connectivity index (χ0) is 19.5. The third-order valence-electron chi connectivity index (χ3n) is 6.55. The van der Waals surface area contributed by atoms with Gasteiger partial charge in [-0.1, -0.05) is 35.4 Å². The maximum absolute atomic E-state index is 7.17. The minimum Gasteiger partial charge on any atom is -0.402 e. The Hall–Kier alpha value is -1.42. The second kappa shape index (κ2) is 6.58. The average molecular weight is 381 g/mol. The van der Waals surface area contributed by atoms with E-state index < -0.39 is 8.32 Å². The molecule has 3 heteroatoms. The molecule has 144 valence electrons. The number of ether oxygens (including phenoxy) is 1. The zero-order valence-electron chi connectivity index (χ0n) is 17.8. The Balaban J connectivity index is 1.99. The fourth-order valence-corrected chi connectivity index (χ4v) is 11.7. The first-order chi connectivity index (χ1) is 12.7. The minimum atomic E-state index is -2.33. The maximum atomic E-state index is 7.17. The summed E-state index contributed by atoms with van der Waals surface area (Å²) >= 11 is 0. The van der Waals surface area contributed by atoms with E-state index in [2.05, 4.69) is 72.7 Å². The molecule has 2 nitrogen and oxygen atoms in total. The van der Waals surface area contributed by atoms with E-state index >= 15 is 0 Å². The van der Waals surface area contributed by atoms with Crippen LogP contribution in [0.2, 0.25) is 6.04 Å². The molecule has 27 heavy (non-hydrogen) atoms. The number of benzene rings is 2. The normalized spacial score (nSPS) is 26.4. The van der Waals surface area contributed by atoms with Gasteiger partial charge in [-0.05, 0) is 87.1 Å². The smallest absolute Gasteiger partial charge is 0.257 e. The van der Waals surface area contributed by atoms with Crippen LogP contribution in [-0.4, -0.2) is 27.1 Å². The molecule has 0 bridgehead atoms. The SMILES string of the molecule is Cc1cc(C)c([Si]2(c3c(C)cc(C)cc3C)C[C@@H]3CO[C@@H](C)[C@@H]3O2)c(C)c1. The van der Waals surface area contributed by atoms with E-state index in [1.54, 1.807) is 0 Å². The predicted molar refractivity (Wildman–Crippen MR) is 115 cm³/mol. The van der Waals surface area contributed by atoms with Gasteiger partial charge in [-0.2, -0.15) is 0 Å². The third-order valence-corrected chi connectivity index (χ3v) is 11.5. The number of aryl methyl sites for hydroxylation is 6. The van der Waals surface area contributed by atoms with Gasteiger partial charge in [-0.15, -0.1) is 0 Å². The largest absolute Gasteiger partial charge is 0.402 e. The molecule has 2 heterocycles. The van der Waals surface area contributed by atoms with E-state index in [1.165, 1.54) is 43.8 Å². The first-order valence-corrected chi connectivity index (χ1v) is 12.3. The van der Waals surface area contributed by atoms with Crippen LogP contribution in [0.1, 0.15) is 40.3 Å². The summed E-state index contributed by atoms with van der Waals surface area (Å²) in [5.41, 5.74) is 8.26. The van der Waals surface area contributed by atoms with E-state index in [4.69, 9.17) is 9.16 Å². The molecule has 0 saturated carbocycles. The molecule has 2 saturated heterocycles. The van der Waals surface area contributed by atoms with Crippen LogP contribution in [-0.2, 0) is 9.16 Å². The summed E-state index contributed by atoms with van der Waals surface area (Å²) < 4.78 is 13.1. The van der Waals surface area contributed by atoms with Crippen molar-refractivity contribution in [1.82, 2.24) is 0 Å². The molecule has 2 aromatic carbocycles. The van der Waals surface area contributed by atoms with Gasteiger partial charge in [0.2, 0.25) is 0 Å². The first-order valence-electron chi connectivity index (χ1n) is 10.2. The molecule has 2 fully saturated rings. The molecule has 2 aromatic rings. The Morgan fingerprint density at radius 3 is 1.63 bits per heavy atom. The van der Waals surface area contributed by atoms with Crippen molar-refractivity contribution in [3.05, 3.63) is 57.6 Å². The molecule has 0 aliphatic carbocycles. The summed E-state index contributed by atoms with van der Waals surface area (Å²) in [6.07, 6.45) is 0.429. The lowest BCUT2D eigenvalue weighted by Gasteiger charge is -2.35. The van der Waals surface area contributed by atoms with Gasteiger partial charge in [0.25, 0.3) is 8.32 Å². The molecule has 2 aliphatic heterocycles. The Morgan fingerprint density at radius 2 is 1.22 bits per heavy atom. The van der Waals surface area contributed by atoms with Crippen LogP contribution in [0.15, 0.2) is 24.3 Å². The number of hydrogen-bond acceptors (Lipinski definition) is 2. The van der Waals surface area contributed by atoms with Gasteiger partial charge in [0.15, 0.2) is 0 Å². The highest BCUT2D eigenvalue weighted by molar-refractivity contribution is 6.99. The molecule has 2 aliphatic rings. The predicted octanol–water partition coefficient (Wildman–Crippen LogP) is 4.03. The average Bonchev–Trinajstić information content (AvgIpc) is 3.05. The zero-order valence-corrected chi connectivity index (χ0v) is 18.8. The van der Waals surface area contributed by atoms with Crippen LogP contribution in [0.5, 0.6) is 0 Å². The summed E-state index contributed by atoms with van der Waals surface area (Å²) in [5, 5.41) is 3.01. The Bertz CT molecular complexity index is 798. The van der Waals surface area contributed by atoms with Gasteiger partial charge in [-0.3, -0.25) is 0 Å². The highest BCUT2D eigenvalue weighted by Crippen LogP contribution is 2.41. The lowest BCUT2D eigenvalue weighted by Crippen LogP contribution is -2.62. The van der Waals surface area contributed by atoms with Crippen LogP contribution >= 0.6 is 0 Å². The Morgan fingerprint density at radius 1 is 0.778 bits per heavy atom. The highest BCUT2D eigenvalue weighted by atomic mass is 28.4. The second-order valence-corrected chi connectivity index (χ2v) is 12.3. The van der Waals surface area contributed by atoms with Crippen LogP contribution in [0.4, 0.5) is 0 Å². The minimum absolute atomic E-state index is 0.196. The topological polar surface area (TPSA) is 18.5 Å². The maximum Gasteiger partial charge on any atom is 0.257 e. The fourth-order valence-electron chi connectivity index (χ4n) is 5.95. The van der Waals surface area contributed by atoms with Crippen molar-refractivity contribution in [1.29, 1.82) is 0 Å². The number of fused-ring (bicyclic) bond motifs is 1. The Labute approximate surface area is 165 Å². The summed E-state index contributed by atoms with van der Waals surface area (Å²) in [4.78, 5) is 0. The van der Waals surface area contributed by atoms with Gasteiger partial charge in [0, 0.05) is 5.92 Å². The molecule has 0 radical (unpaired) electrons. The molecule has 0 amide bonds. The summed E-state index contributed by atoms with van der Waals surface area (Å²) in [7, 11) is -2.33. The molecule has 3 atom stereocenters. The van der Waals surface area contributed by atoms with Gasteiger partial charge in [0.1, 0.15) is 0 Å². The fraction of sp³-hybridized carbons (Fsp3) is 0.500. The lowest BCUT2D eigenvalue weighted by atomic mass is 10.1. The highest BCUT2D eigenvalue weighted by Gasteiger charge is 2.57. The van der Waals surface area contributed by atoms with Gasteiger partial charge in [0.05, 0.1) is 18.8 Å². The summed E-state index contributed by atoms with van der Waals surface area (Å²) in [6, 6.07) is 10.5. The van der Waals surface area contributed by atoms with Gasteiger partial charge < -0.3 is 9.16 Å². The quantitative estimate of drug-likeness (QED) is 0.733.